The highest BCUT2D eigenvalue weighted by atomic mass is 32.1. The van der Waals surface area contributed by atoms with Crippen molar-refractivity contribution in [1.29, 1.82) is 0 Å². The SMILES string of the molecule is COCCOC(=O)C1=C(C)N(C)C(=S)NC1c1cccc(NC(=O)NC23CC4CC(CC(C4)C2)C3)c1. The van der Waals surface area contributed by atoms with Crippen LogP contribution < -0.4 is 16.0 Å². The lowest BCUT2D eigenvalue weighted by Gasteiger charge is -2.56. The number of allylic oxidation sites excluding steroid dienone is 1. The number of carbonyl (C=O) groups is 2. The molecule has 4 saturated carbocycles. The number of thiocarbonyl (C=S) groups is 1. The van der Waals surface area contributed by atoms with Gasteiger partial charge in [0.1, 0.15) is 6.61 Å². The van der Waals surface area contributed by atoms with Crippen molar-refractivity contribution >= 4 is 35.0 Å². The van der Waals surface area contributed by atoms with Crippen LogP contribution in [-0.2, 0) is 14.3 Å². The molecule has 4 bridgehead atoms. The molecule has 2 amide bonds. The minimum atomic E-state index is -0.489. The summed E-state index contributed by atoms with van der Waals surface area (Å²) in [6.45, 7) is 2.34. The Labute approximate surface area is 218 Å². The molecule has 1 aromatic rings. The number of esters is 1. The molecule has 5 aliphatic rings. The van der Waals surface area contributed by atoms with Gasteiger partial charge < -0.3 is 30.3 Å². The molecule has 6 rings (SSSR count). The van der Waals surface area contributed by atoms with Crippen LogP contribution in [-0.4, -0.2) is 54.9 Å². The summed E-state index contributed by atoms with van der Waals surface area (Å²) < 4.78 is 10.5. The Kier molecular flexibility index (Phi) is 6.96. The van der Waals surface area contributed by atoms with E-state index in [9.17, 15) is 9.59 Å². The molecule has 3 N–H and O–H groups in total. The van der Waals surface area contributed by atoms with E-state index in [2.05, 4.69) is 16.0 Å². The van der Waals surface area contributed by atoms with E-state index in [0.717, 1.165) is 48.3 Å². The number of nitrogens with one attached hydrogen (secondary N) is 3. The van der Waals surface area contributed by atoms with Crippen LogP contribution in [0.4, 0.5) is 10.5 Å². The minimum Gasteiger partial charge on any atom is -0.460 e. The fourth-order valence-corrected chi connectivity index (χ4v) is 7.36. The molecular formula is C27H36N4O4S. The Hall–Kier alpha value is -2.65. The number of rotatable bonds is 7. The molecule has 1 aliphatic heterocycles. The highest BCUT2D eigenvalue weighted by Crippen LogP contribution is 2.55. The topological polar surface area (TPSA) is 91.9 Å². The second kappa shape index (κ2) is 10.0. The average Bonchev–Trinajstić information content (AvgIpc) is 2.81. The largest absolute Gasteiger partial charge is 0.460 e. The van der Waals surface area contributed by atoms with Gasteiger partial charge >= 0.3 is 12.0 Å². The summed E-state index contributed by atoms with van der Waals surface area (Å²) in [5, 5.41) is 10.2. The number of hydrogen-bond donors (Lipinski definition) is 3. The second-order valence-electron chi connectivity index (χ2n) is 11.0. The quantitative estimate of drug-likeness (QED) is 0.288. The molecule has 0 radical (unpaired) electrons. The molecule has 1 atom stereocenters. The number of benzene rings is 1. The van der Waals surface area contributed by atoms with E-state index >= 15 is 0 Å². The van der Waals surface area contributed by atoms with Gasteiger partial charge in [0, 0.05) is 31.1 Å². The smallest absolute Gasteiger partial charge is 0.338 e. The van der Waals surface area contributed by atoms with Gasteiger partial charge in [-0.15, -0.1) is 0 Å². The van der Waals surface area contributed by atoms with Crippen LogP contribution in [0.15, 0.2) is 35.5 Å². The van der Waals surface area contributed by atoms with Crippen LogP contribution in [0.25, 0.3) is 0 Å². The van der Waals surface area contributed by atoms with Gasteiger partial charge in [-0.3, -0.25) is 0 Å². The first-order chi connectivity index (χ1) is 17.3. The zero-order chi connectivity index (χ0) is 25.4. The Morgan fingerprint density at radius 1 is 1.14 bits per heavy atom. The highest BCUT2D eigenvalue weighted by molar-refractivity contribution is 7.80. The van der Waals surface area contributed by atoms with Crippen molar-refractivity contribution in [2.75, 3.05) is 32.7 Å². The number of carbonyl (C=O) groups excluding carboxylic acids is 2. The maximum Gasteiger partial charge on any atom is 0.338 e. The first-order valence-electron chi connectivity index (χ1n) is 12.9. The molecule has 9 heteroatoms. The van der Waals surface area contributed by atoms with Crippen LogP contribution in [0.5, 0.6) is 0 Å². The van der Waals surface area contributed by atoms with Gasteiger partial charge in [-0.25, -0.2) is 9.59 Å². The van der Waals surface area contributed by atoms with Gasteiger partial charge in [-0.05, 0) is 93.1 Å². The van der Waals surface area contributed by atoms with Crippen LogP contribution in [0.3, 0.4) is 0 Å². The summed E-state index contributed by atoms with van der Waals surface area (Å²) in [7, 11) is 3.38. The maximum absolute atomic E-state index is 13.1. The molecule has 4 aliphatic carbocycles. The number of hydrogen-bond acceptors (Lipinski definition) is 5. The van der Waals surface area contributed by atoms with E-state index < -0.39 is 12.0 Å². The molecule has 0 aromatic heterocycles. The molecule has 4 fully saturated rings. The van der Waals surface area contributed by atoms with Crippen molar-refractivity contribution in [3.8, 4) is 0 Å². The summed E-state index contributed by atoms with van der Waals surface area (Å²) in [4.78, 5) is 27.9. The zero-order valence-corrected chi connectivity index (χ0v) is 22.1. The monoisotopic (exact) mass is 512 g/mol. The molecular weight excluding hydrogens is 476 g/mol. The molecule has 1 aromatic carbocycles. The first-order valence-corrected chi connectivity index (χ1v) is 13.3. The lowest BCUT2D eigenvalue weighted by atomic mass is 9.53. The molecule has 194 valence electrons. The number of anilines is 1. The van der Waals surface area contributed by atoms with E-state index in [4.69, 9.17) is 21.7 Å². The molecule has 0 spiro atoms. The third kappa shape index (κ3) is 4.95. The number of urea groups is 1. The van der Waals surface area contributed by atoms with E-state index in [1.807, 2.05) is 38.2 Å². The summed E-state index contributed by atoms with van der Waals surface area (Å²) in [5.74, 6) is 1.86. The van der Waals surface area contributed by atoms with Crippen molar-refractivity contribution < 1.29 is 19.1 Å². The van der Waals surface area contributed by atoms with Gasteiger partial charge in [0.05, 0.1) is 18.2 Å². The molecule has 1 unspecified atom stereocenters. The van der Waals surface area contributed by atoms with Gasteiger partial charge in [0.15, 0.2) is 5.11 Å². The van der Waals surface area contributed by atoms with Crippen LogP contribution in [0.2, 0.25) is 0 Å². The van der Waals surface area contributed by atoms with Crippen LogP contribution in [0, 0.1) is 17.8 Å². The van der Waals surface area contributed by atoms with Crippen molar-refractivity contribution in [1.82, 2.24) is 15.5 Å². The summed E-state index contributed by atoms with van der Waals surface area (Å²) in [6.07, 6.45) is 7.30. The molecule has 8 nitrogen and oxygen atoms in total. The van der Waals surface area contributed by atoms with Crippen molar-refractivity contribution in [3.63, 3.8) is 0 Å². The summed E-state index contributed by atoms with van der Waals surface area (Å²) in [6, 6.07) is 6.90. The van der Waals surface area contributed by atoms with E-state index in [0.29, 0.717) is 23.0 Å². The van der Waals surface area contributed by atoms with E-state index in [1.165, 1.54) is 19.3 Å². The summed E-state index contributed by atoms with van der Waals surface area (Å²) in [5.41, 5.74) is 2.64. The number of amides is 2. The average molecular weight is 513 g/mol. The van der Waals surface area contributed by atoms with Gasteiger partial charge in [0.2, 0.25) is 0 Å². The van der Waals surface area contributed by atoms with Crippen molar-refractivity contribution in [2.24, 2.45) is 17.8 Å². The van der Waals surface area contributed by atoms with Crippen LogP contribution >= 0.6 is 12.2 Å². The molecule has 0 saturated heterocycles. The predicted octanol–water partition coefficient (Wildman–Crippen LogP) is 4.10. The fraction of sp³-hybridized carbons (Fsp3) is 0.593. The molecule has 1 heterocycles. The fourth-order valence-electron chi connectivity index (χ4n) is 7.11. The Balaban J connectivity index is 1.32. The van der Waals surface area contributed by atoms with Gasteiger partial charge in [-0.2, -0.15) is 0 Å². The Bertz CT molecular complexity index is 1050. The number of ether oxygens (including phenoxy) is 2. The summed E-state index contributed by atoms with van der Waals surface area (Å²) >= 11 is 5.50. The van der Waals surface area contributed by atoms with Gasteiger partial charge in [0.25, 0.3) is 0 Å². The second-order valence-corrected chi connectivity index (χ2v) is 11.4. The van der Waals surface area contributed by atoms with Crippen molar-refractivity contribution in [3.05, 3.63) is 41.1 Å². The van der Waals surface area contributed by atoms with E-state index in [-0.39, 0.29) is 18.2 Å². The predicted molar refractivity (Wildman–Crippen MR) is 141 cm³/mol. The standard InChI is InChI=1S/C27H36N4O4S/c1-16-22(24(32)35-8-7-34-3)23(29-26(36)31(16)2)20-5-4-6-21(12-20)28-25(33)30-27-13-17-9-18(14-27)11-19(10-17)15-27/h4-6,12,17-19,23H,7-11,13-15H2,1-3H3,(H,29,36)(H2,28,30,33). The third-order valence-corrected chi connectivity index (χ3v) is 8.78. The zero-order valence-electron chi connectivity index (χ0n) is 21.3. The van der Waals surface area contributed by atoms with Crippen LogP contribution in [0.1, 0.15) is 57.1 Å². The lowest BCUT2D eigenvalue weighted by Crippen LogP contribution is -2.60. The van der Waals surface area contributed by atoms with Crippen molar-refractivity contribution in [2.45, 2.75) is 57.0 Å². The van der Waals surface area contributed by atoms with E-state index in [1.54, 1.807) is 12.0 Å². The number of methoxy groups -OCH3 is 1. The lowest BCUT2D eigenvalue weighted by molar-refractivity contribution is -0.140. The Morgan fingerprint density at radius 2 is 1.81 bits per heavy atom. The maximum atomic E-state index is 13.1. The Morgan fingerprint density at radius 3 is 2.44 bits per heavy atom. The molecule has 36 heavy (non-hydrogen) atoms. The minimum absolute atomic E-state index is 0.0584. The highest BCUT2D eigenvalue weighted by Gasteiger charge is 2.51. The first kappa shape index (κ1) is 25.0. The third-order valence-electron chi connectivity index (χ3n) is 8.39. The normalized spacial score (nSPS) is 30.8. The van der Waals surface area contributed by atoms with Gasteiger partial charge in [-0.1, -0.05) is 12.1 Å². The number of nitrogens with zero attached hydrogens (tertiary/aromatic N) is 1.